The van der Waals surface area contributed by atoms with Gasteiger partial charge in [0.15, 0.2) is 0 Å². The fraction of sp³-hybridized carbons (Fsp3) is 0.125. The normalized spacial score (nSPS) is 11.6. The zero-order valence-electron chi connectivity index (χ0n) is 10.4. The maximum absolute atomic E-state index is 5.86. The molecule has 0 aromatic heterocycles. The second-order valence-corrected chi connectivity index (χ2v) is 3.86. The maximum atomic E-state index is 5.86. The summed E-state index contributed by atoms with van der Waals surface area (Å²) >= 11 is 0. The molecule has 1 unspecified atom stereocenters. The van der Waals surface area contributed by atoms with E-state index in [0.717, 1.165) is 17.1 Å². The minimum Gasteiger partial charge on any atom is -0.497 e. The molecule has 0 saturated carbocycles. The molecule has 0 saturated heterocycles. The first-order chi connectivity index (χ1) is 8.83. The van der Waals surface area contributed by atoms with Crippen LogP contribution in [0.5, 0.6) is 11.5 Å². The van der Waals surface area contributed by atoms with Crippen LogP contribution in [-0.4, -0.2) is 7.11 Å². The van der Waals surface area contributed by atoms with Gasteiger partial charge in [0.05, 0.1) is 7.11 Å². The summed E-state index contributed by atoms with van der Waals surface area (Å²) in [7, 11) is 1.65. The third-order valence-corrected chi connectivity index (χ3v) is 2.66. The van der Waals surface area contributed by atoms with Gasteiger partial charge in [-0.2, -0.15) is 0 Å². The van der Waals surface area contributed by atoms with Gasteiger partial charge < -0.3 is 9.47 Å². The van der Waals surface area contributed by atoms with E-state index in [2.05, 4.69) is 6.58 Å². The van der Waals surface area contributed by atoms with E-state index in [-0.39, 0.29) is 6.10 Å². The highest BCUT2D eigenvalue weighted by Crippen LogP contribution is 2.24. The zero-order valence-corrected chi connectivity index (χ0v) is 10.4. The molecule has 0 N–H and O–H groups in total. The Morgan fingerprint density at radius 2 is 1.61 bits per heavy atom. The molecule has 18 heavy (non-hydrogen) atoms. The lowest BCUT2D eigenvalue weighted by Gasteiger charge is -2.16. The fourth-order valence-corrected chi connectivity index (χ4v) is 1.69. The van der Waals surface area contributed by atoms with E-state index in [4.69, 9.17) is 9.47 Å². The number of rotatable bonds is 5. The third-order valence-electron chi connectivity index (χ3n) is 2.66. The van der Waals surface area contributed by atoms with Crippen LogP contribution in [0.3, 0.4) is 0 Å². The SMILES string of the molecule is C=CC(Oc1ccccc1)c1ccc(OC)cc1. The maximum Gasteiger partial charge on any atom is 0.142 e. The minimum atomic E-state index is -0.154. The van der Waals surface area contributed by atoms with Gasteiger partial charge in [0.1, 0.15) is 17.6 Å². The second kappa shape index (κ2) is 5.92. The van der Waals surface area contributed by atoms with Crippen molar-refractivity contribution in [2.75, 3.05) is 7.11 Å². The third kappa shape index (κ3) is 2.92. The first-order valence-electron chi connectivity index (χ1n) is 5.81. The van der Waals surface area contributed by atoms with Crippen molar-refractivity contribution in [1.29, 1.82) is 0 Å². The molecule has 0 heterocycles. The fourth-order valence-electron chi connectivity index (χ4n) is 1.69. The Kier molecular flexibility index (Phi) is 4.02. The van der Waals surface area contributed by atoms with Crippen molar-refractivity contribution in [3.63, 3.8) is 0 Å². The molecule has 2 aromatic rings. The molecule has 0 aliphatic carbocycles. The Morgan fingerprint density at radius 1 is 0.944 bits per heavy atom. The Morgan fingerprint density at radius 3 is 2.17 bits per heavy atom. The van der Waals surface area contributed by atoms with E-state index in [1.807, 2.05) is 54.6 Å². The minimum absolute atomic E-state index is 0.154. The lowest BCUT2D eigenvalue weighted by atomic mass is 10.1. The van der Waals surface area contributed by atoms with Crippen LogP contribution in [0.15, 0.2) is 67.3 Å². The molecule has 0 aliphatic heterocycles. The average molecular weight is 240 g/mol. The van der Waals surface area contributed by atoms with Crippen LogP contribution in [0.4, 0.5) is 0 Å². The average Bonchev–Trinajstić information content (AvgIpc) is 2.46. The molecule has 0 fully saturated rings. The quantitative estimate of drug-likeness (QED) is 0.735. The first-order valence-corrected chi connectivity index (χ1v) is 5.81. The number of ether oxygens (including phenoxy) is 2. The highest BCUT2D eigenvalue weighted by atomic mass is 16.5. The summed E-state index contributed by atoms with van der Waals surface area (Å²) in [6, 6.07) is 17.5. The van der Waals surface area contributed by atoms with Crippen molar-refractivity contribution >= 4 is 0 Å². The summed E-state index contributed by atoms with van der Waals surface area (Å²) in [5.41, 5.74) is 1.05. The molecule has 2 aromatic carbocycles. The zero-order chi connectivity index (χ0) is 12.8. The smallest absolute Gasteiger partial charge is 0.142 e. The Labute approximate surface area is 107 Å². The summed E-state index contributed by atoms with van der Waals surface area (Å²) in [5, 5.41) is 0. The van der Waals surface area contributed by atoms with Crippen LogP contribution < -0.4 is 9.47 Å². The predicted octanol–water partition coefficient (Wildman–Crippen LogP) is 4.00. The molecule has 0 bridgehead atoms. The van der Waals surface area contributed by atoms with Crippen molar-refractivity contribution in [3.8, 4) is 11.5 Å². The van der Waals surface area contributed by atoms with E-state index in [0.29, 0.717) is 0 Å². The summed E-state index contributed by atoms with van der Waals surface area (Å²) in [4.78, 5) is 0. The van der Waals surface area contributed by atoms with Crippen LogP contribution >= 0.6 is 0 Å². The topological polar surface area (TPSA) is 18.5 Å². The molecule has 2 nitrogen and oxygen atoms in total. The van der Waals surface area contributed by atoms with Crippen LogP contribution in [0, 0.1) is 0 Å². The molecule has 92 valence electrons. The van der Waals surface area contributed by atoms with Crippen molar-refractivity contribution in [1.82, 2.24) is 0 Å². The van der Waals surface area contributed by atoms with Gasteiger partial charge >= 0.3 is 0 Å². The van der Waals surface area contributed by atoms with Gasteiger partial charge in [-0.25, -0.2) is 0 Å². The van der Waals surface area contributed by atoms with Gasteiger partial charge in [0.25, 0.3) is 0 Å². The first kappa shape index (κ1) is 12.2. The molecule has 0 amide bonds. The largest absolute Gasteiger partial charge is 0.497 e. The van der Waals surface area contributed by atoms with Gasteiger partial charge in [-0.1, -0.05) is 36.9 Å². The van der Waals surface area contributed by atoms with Crippen molar-refractivity contribution in [2.24, 2.45) is 0 Å². The summed E-state index contributed by atoms with van der Waals surface area (Å²) in [6.07, 6.45) is 1.63. The Balaban J connectivity index is 2.15. The van der Waals surface area contributed by atoms with Crippen molar-refractivity contribution in [2.45, 2.75) is 6.10 Å². The Hall–Kier alpha value is -2.22. The van der Waals surface area contributed by atoms with Crippen molar-refractivity contribution < 1.29 is 9.47 Å². The van der Waals surface area contributed by atoms with Crippen LogP contribution in [0.1, 0.15) is 11.7 Å². The number of methoxy groups -OCH3 is 1. The van der Waals surface area contributed by atoms with Gasteiger partial charge in [-0.3, -0.25) is 0 Å². The molecular weight excluding hydrogens is 224 g/mol. The van der Waals surface area contributed by atoms with Crippen LogP contribution in [-0.2, 0) is 0 Å². The van der Waals surface area contributed by atoms with Crippen LogP contribution in [0.25, 0.3) is 0 Å². The molecule has 0 aliphatic rings. The highest BCUT2D eigenvalue weighted by molar-refractivity contribution is 5.31. The molecular formula is C16H16O2. The molecule has 0 spiro atoms. The van der Waals surface area contributed by atoms with E-state index in [9.17, 15) is 0 Å². The number of benzene rings is 2. The lowest BCUT2D eigenvalue weighted by Crippen LogP contribution is -2.04. The van der Waals surface area contributed by atoms with Crippen LogP contribution in [0.2, 0.25) is 0 Å². The van der Waals surface area contributed by atoms with Gasteiger partial charge in [-0.15, -0.1) is 0 Å². The number of hydrogen-bond acceptors (Lipinski definition) is 2. The highest BCUT2D eigenvalue weighted by Gasteiger charge is 2.09. The second-order valence-electron chi connectivity index (χ2n) is 3.86. The molecule has 2 rings (SSSR count). The van der Waals surface area contributed by atoms with E-state index in [1.165, 1.54) is 0 Å². The number of hydrogen-bond donors (Lipinski definition) is 0. The van der Waals surface area contributed by atoms with Crippen molar-refractivity contribution in [3.05, 3.63) is 72.8 Å². The van der Waals surface area contributed by atoms with E-state index < -0.39 is 0 Å². The molecule has 0 radical (unpaired) electrons. The van der Waals surface area contributed by atoms with E-state index in [1.54, 1.807) is 13.2 Å². The summed E-state index contributed by atoms with van der Waals surface area (Å²) in [6.45, 7) is 3.82. The molecule has 2 heteroatoms. The summed E-state index contributed by atoms with van der Waals surface area (Å²) < 4.78 is 11.0. The van der Waals surface area contributed by atoms with Gasteiger partial charge in [0.2, 0.25) is 0 Å². The summed E-state index contributed by atoms with van der Waals surface area (Å²) in [5.74, 6) is 1.67. The number of para-hydroxylation sites is 1. The Bertz CT molecular complexity index is 488. The van der Waals surface area contributed by atoms with E-state index >= 15 is 0 Å². The van der Waals surface area contributed by atoms with Gasteiger partial charge in [0, 0.05) is 0 Å². The standard InChI is InChI=1S/C16H16O2/c1-3-16(18-15-7-5-4-6-8-15)13-9-11-14(17-2)12-10-13/h3-12,16H,1H2,2H3. The molecule has 1 atom stereocenters. The monoisotopic (exact) mass is 240 g/mol. The predicted molar refractivity (Wildman–Crippen MR) is 73.0 cm³/mol. The lowest BCUT2D eigenvalue weighted by molar-refractivity contribution is 0.255. The van der Waals surface area contributed by atoms with Gasteiger partial charge in [-0.05, 0) is 35.9 Å².